The molecule has 0 spiro atoms. The van der Waals surface area contributed by atoms with Crippen molar-refractivity contribution in [3.8, 4) is 11.8 Å². The van der Waals surface area contributed by atoms with Gasteiger partial charge in [-0.25, -0.2) is 4.99 Å². The van der Waals surface area contributed by atoms with Crippen molar-refractivity contribution in [3.05, 3.63) is 29.8 Å². The Kier molecular flexibility index (Phi) is 7.83. The molecule has 1 amide bonds. The van der Waals surface area contributed by atoms with Gasteiger partial charge in [-0.05, 0) is 32.0 Å². The molecule has 1 aliphatic rings. The number of methoxy groups -OCH3 is 1. The van der Waals surface area contributed by atoms with Crippen molar-refractivity contribution in [2.75, 3.05) is 46.2 Å². The molecule has 0 atom stereocenters. The van der Waals surface area contributed by atoms with Gasteiger partial charge < -0.3 is 15.0 Å². The molecule has 0 bridgehead atoms. The highest BCUT2D eigenvalue weighted by Gasteiger charge is 2.12. The predicted octanol–water partition coefficient (Wildman–Crippen LogP) is 2.77. The summed E-state index contributed by atoms with van der Waals surface area (Å²) in [6.07, 6.45) is 8.73. The number of nitrogens with zero attached hydrogens (tertiary/aromatic N) is 4. The maximum absolute atomic E-state index is 12.2. The number of piperidine rings is 1. The Morgan fingerprint density at radius 1 is 1.37 bits per heavy atom. The molecule has 7 heteroatoms. The van der Waals surface area contributed by atoms with Gasteiger partial charge >= 0.3 is 0 Å². The van der Waals surface area contributed by atoms with E-state index >= 15 is 0 Å². The van der Waals surface area contributed by atoms with E-state index in [1.807, 2.05) is 20.2 Å². The molecule has 1 saturated heterocycles. The number of aliphatic imine (C=N–C) groups is 1. The summed E-state index contributed by atoms with van der Waals surface area (Å²) >= 11 is 0. The summed E-state index contributed by atoms with van der Waals surface area (Å²) in [5.74, 6) is 0.205. The van der Waals surface area contributed by atoms with Crippen molar-refractivity contribution >= 4 is 23.6 Å². The smallest absolute Gasteiger partial charge is 0.248 e. The van der Waals surface area contributed by atoms with E-state index in [4.69, 9.17) is 4.74 Å². The fourth-order valence-electron chi connectivity index (χ4n) is 2.83. The summed E-state index contributed by atoms with van der Waals surface area (Å²) in [6.45, 7) is 2.94. The highest BCUT2D eigenvalue weighted by molar-refractivity contribution is 6.00. The zero-order chi connectivity index (χ0) is 19.6. The first-order valence-electron chi connectivity index (χ1n) is 9.06. The number of likely N-dealkylation sites (tertiary alicyclic amines) is 1. The summed E-state index contributed by atoms with van der Waals surface area (Å²) in [7, 11) is 5.21. The van der Waals surface area contributed by atoms with Crippen molar-refractivity contribution in [3.63, 3.8) is 0 Å². The molecular formula is C20H27N5O2. The van der Waals surface area contributed by atoms with Gasteiger partial charge in [-0.1, -0.05) is 12.5 Å². The monoisotopic (exact) mass is 369 g/mol. The average molecular weight is 369 g/mol. The Morgan fingerprint density at radius 3 is 2.74 bits per heavy atom. The third-order valence-corrected chi connectivity index (χ3v) is 4.21. The molecule has 1 fully saturated rings. The van der Waals surface area contributed by atoms with Gasteiger partial charge in [-0.15, -0.1) is 0 Å². The van der Waals surface area contributed by atoms with Crippen LogP contribution < -0.4 is 10.1 Å². The second kappa shape index (κ2) is 10.3. The first-order chi connectivity index (χ1) is 13.0. The van der Waals surface area contributed by atoms with Crippen LogP contribution in [-0.2, 0) is 4.79 Å². The minimum absolute atomic E-state index is 0.251. The van der Waals surface area contributed by atoms with E-state index in [-0.39, 0.29) is 5.91 Å². The molecule has 0 saturated carbocycles. The number of nitrogens with one attached hydrogen (secondary N) is 1. The van der Waals surface area contributed by atoms with E-state index in [2.05, 4.69) is 21.3 Å². The molecule has 0 unspecified atom stereocenters. The van der Waals surface area contributed by atoms with Crippen LogP contribution in [0.3, 0.4) is 0 Å². The number of amides is 1. The first-order valence-corrected chi connectivity index (χ1v) is 9.06. The van der Waals surface area contributed by atoms with Crippen molar-refractivity contribution in [2.24, 2.45) is 4.99 Å². The summed E-state index contributed by atoms with van der Waals surface area (Å²) in [6, 6.07) is 5.33. The highest BCUT2D eigenvalue weighted by atomic mass is 16.5. The van der Waals surface area contributed by atoms with Crippen LogP contribution in [0.25, 0.3) is 0 Å². The third-order valence-electron chi connectivity index (χ3n) is 4.21. The lowest BCUT2D eigenvalue weighted by Gasteiger charge is -2.24. The molecule has 1 aliphatic heterocycles. The molecule has 0 aromatic heterocycles. The predicted molar refractivity (Wildman–Crippen MR) is 108 cm³/mol. The normalized spacial score (nSPS) is 15.0. The van der Waals surface area contributed by atoms with Crippen LogP contribution in [0, 0.1) is 11.3 Å². The van der Waals surface area contributed by atoms with Crippen LogP contribution >= 0.6 is 0 Å². The molecule has 7 nitrogen and oxygen atoms in total. The van der Waals surface area contributed by atoms with Crippen molar-refractivity contribution in [1.29, 1.82) is 5.26 Å². The minimum atomic E-state index is -0.251. The number of rotatable bonds is 7. The van der Waals surface area contributed by atoms with Crippen molar-refractivity contribution in [1.82, 2.24) is 9.80 Å². The Bertz CT molecular complexity index is 743. The Hall–Kier alpha value is -2.85. The van der Waals surface area contributed by atoms with Gasteiger partial charge in [-0.3, -0.25) is 9.69 Å². The van der Waals surface area contributed by atoms with E-state index in [0.29, 0.717) is 22.7 Å². The zero-order valence-corrected chi connectivity index (χ0v) is 16.2. The summed E-state index contributed by atoms with van der Waals surface area (Å²) in [5, 5.41) is 12.2. The molecule has 27 heavy (non-hydrogen) atoms. The van der Waals surface area contributed by atoms with Crippen LogP contribution in [0.4, 0.5) is 11.4 Å². The number of ether oxygens (including phenoxy) is 1. The third kappa shape index (κ3) is 6.42. The van der Waals surface area contributed by atoms with Crippen LogP contribution in [0.5, 0.6) is 5.75 Å². The van der Waals surface area contributed by atoms with Crippen molar-refractivity contribution < 1.29 is 9.53 Å². The molecular weight excluding hydrogens is 342 g/mol. The van der Waals surface area contributed by atoms with Crippen LogP contribution in [0.1, 0.15) is 24.8 Å². The second-order valence-corrected chi connectivity index (χ2v) is 6.64. The van der Waals surface area contributed by atoms with Crippen molar-refractivity contribution in [2.45, 2.75) is 19.3 Å². The standard InChI is InChI=1S/C20H27N5O2/c1-24(2)15-22-17-13-19(27-3)18(12-16(17)14-21)23-20(26)8-7-11-25-9-5-4-6-10-25/h7-8,12-13,15H,4-6,9-11H2,1-3H3,(H,23,26). The van der Waals surface area contributed by atoms with Gasteiger partial charge in [-0.2, -0.15) is 5.26 Å². The van der Waals surface area contributed by atoms with E-state index in [1.165, 1.54) is 32.4 Å². The molecule has 144 valence electrons. The highest BCUT2D eigenvalue weighted by Crippen LogP contribution is 2.32. The molecule has 0 radical (unpaired) electrons. The maximum Gasteiger partial charge on any atom is 0.248 e. The minimum Gasteiger partial charge on any atom is -0.494 e. The lowest BCUT2D eigenvalue weighted by Crippen LogP contribution is -2.29. The quantitative estimate of drug-likeness (QED) is 0.454. The number of benzene rings is 1. The van der Waals surface area contributed by atoms with Gasteiger partial charge in [0.15, 0.2) is 0 Å². The summed E-state index contributed by atoms with van der Waals surface area (Å²) in [5.41, 5.74) is 1.30. The Balaban J connectivity index is 2.07. The molecule has 1 N–H and O–H groups in total. The van der Waals surface area contributed by atoms with Gasteiger partial charge in [0, 0.05) is 32.8 Å². The topological polar surface area (TPSA) is 81.0 Å². The fraction of sp³-hybridized carbons (Fsp3) is 0.450. The molecule has 1 aromatic rings. The van der Waals surface area contributed by atoms with Gasteiger partial charge in [0.25, 0.3) is 0 Å². The maximum atomic E-state index is 12.2. The zero-order valence-electron chi connectivity index (χ0n) is 16.2. The number of hydrogen-bond acceptors (Lipinski definition) is 5. The van der Waals surface area contributed by atoms with E-state index in [0.717, 1.165) is 19.6 Å². The average Bonchev–Trinajstić information content (AvgIpc) is 2.67. The van der Waals surface area contributed by atoms with Crippen LogP contribution in [0.15, 0.2) is 29.3 Å². The fourth-order valence-corrected chi connectivity index (χ4v) is 2.83. The lowest BCUT2D eigenvalue weighted by molar-refractivity contribution is -0.111. The van der Waals surface area contributed by atoms with Crippen LogP contribution in [-0.4, -0.2) is 62.9 Å². The van der Waals surface area contributed by atoms with Gasteiger partial charge in [0.2, 0.25) is 5.91 Å². The number of carbonyl (C=O) groups excluding carboxylic acids is 1. The summed E-state index contributed by atoms with van der Waals surface area (Å²) < 4.78 is 5.35. The number of hydrogen-bond donors (Lipinski definition) is 1. The van der Waals surface area contributed by atoms with Gasteiger partial charge in [0.1, 0.15) is 11.8 Å². The molecule has 1 aromatic carbocycles. The molecule has 0 aliphatic carbocycles. The van der Waals surface area contributed by atoms with Crippen LogP contribution in [0.2, 0.25) is 0 Å². The van der Waals surface area contributed by atoms with E-state index in [1.54, 1.807) is 23.4 Å². The largest absolute Gasteiger partial charge is 0.494 e. The first kappa shape index (κ1) is 20.5. The number of nitriles is 1. The van der Waals surface area contributed by atoms with Gasteiger partial charge in [0.05, 0.1) is 30.4 Å². The van der Waals surface area contributed by atoms with E-state index < -0.39 is 0 Å². The number of anilines is 1. The number of carbonyl (C=O) groups is 1. The summed E-state index contributed by atoms with van der Waals surface area (Å²) in [4.78, 5) is 20.6. The molecule has 1 heterocycles. The Morgan fingerprint density at radius 2 is 2.11 bits per heavy atom. The molecule has 2 rings (SSSR count). The Labute approximate surface area is 160 Å². The SMILES string of the molecule is COc1cc(N=CN(C)C)c(C#N)cc1NC(=O)C=CCN1CCCCC1. The van der Waals surface area contributed by atoms with E-state index in [9.17, 15) is 10.1 Å². The lowest BCUT2D eigenvalue weighted by atomic mass is 10.1. The second-order valence-electron chi connectivity index (χ2n) is 6.64.